The van der Waals surface area contributed by atoms with Crippen molar-refractivity contribution in [2.24, 2.45) is 0 Å². The minimum atomic E-state index is -0.736. The van der Waals surface area contributed by atoms with Crippen LogP contribution in [0.4, 0.5) is 10.2 Å². The van der Waals surface area contributed by atoms with Gasteiger partial charge in [-0.25, -0.2) is 14.4 Å². The summed E-state index contributed by atoms with van der Waals surface area (Å²) in [5, 5.41) is 12.4. The highest BCUT2D eigenvalue weighted by atomic mass is 35.5. The molecule has 1 aliphatic heterocycles. The number of alkyl halides is 1. The van der Waals surface area contributed by atoms with Crippen molar-refractivity contribution in [3.8, 4) is 11.9 Å². The first-order chi connectivity index (χ1) is 14.4. The van der Waals surface area contributed by atoms with Gasteiger partial charge in [-0.1, -0.05) is 17.7 Å². The third-order valence-corrected chi connectivity index (χ3v) is 6.27. The molecule has 2 aromatic rings. The lowest BCUT2D eigenvalue weighted by atomic mass is 9.94. The lowest BCUT2D eigenvalue weighted by Gasteiger charge is -2.32. The van der Waals surface area contributed by atoms with Gasteiger partial charge < -0.3 is 10.1 Å². The van der Waals surface area contributed by atoms with Crippen LogP contribution in [-0.2, 0) is 19.5 Å². The predicted octanol–water partition coefficient (Wildman–Crippen LogP) is 4.12. The first kappa shape index (κ1) is 20.8. The summed E-state index contributed by atoms with van der Waals surface area (Å²) in [6, 6.07) is 6.01. The average molecular weight is 430 g/mol. The molecule has 0 spiro atoms. The fourth-order valence-corrected chi connectivity index (χ4v) is 4.21. The summed E-state index contributed by atoms with van der Waals surface area (Å²) in [4.78, 5) is 11.4. The molecular formula is C22H25ClFN5O. The maximum absolute atomic E-state index is 13.0. The number of fused-ring (bicyclic) bond motifs is 1. The number of hydrogen-bond donors (Lipinski definition) is 1. The van der Waals surface area contributed by atoms with Gasteiger partial charge in [0, 0.05) is 49.8 Å². The number of anilines is 1. The van der Waals surface area contributed by atoms with Crippen LogP contribution in [0.2, 0.25) is 5.15 Å². The number of pyridine rings is 2. The predicted molar refractivity (Wildman–Crippen MR) is 113 cm³/mol. The van der Waals surface area contributed by atoms with Gasteiger partial charge in [0.2, 0.25) is 5.88 Å². The standard InChI is InChI=1S/C22H25ClFN5O/c1-13-19-12-29(8-5-18(19)22(26-7-6-25)28-21(13)23)11-15-3-4-20(27-14(15)2)30-17-9-16(24)10-17/h3-4,16-17H,5,7-12H2,1-2H3,(H,26,28)/t16-,17-. The van der Waals surface area contributed by atoms with Crippen LogP contribution in [0.3, 0.4) is 0 Å². The molecule has 0 amide bonds. The van der Waals surface area contributed by atoms with E-state index in [1.165, 1.54) is 5.56 Å². The number of nitrogens with one attached hydrogen (secondary N) is 1. The molecule has 0 unspecified atom stereocenters. The van der Waals surface area contributed by atoms with Crippen LogP contribution >= 0.6 is 11.6 Å². The molecule has 4 rings (SSSR count). The summed E-state index contributed by atoms with van der Waals surface area (Å²) in [5.41, 5.74) is 5.38. The van der Waals surface area contributed by atoms with E-state index in [2.05, 4.69) is 26.3 Å². The van der Waals surface area contributed by atoms with Crippen LogP contribution < -0.4 is 10.1 Å². The normalized spacial score (nSPS) is 20.8. The average Bonchev–Trinajstić information content (AvgIpc) is 2.70. The number of aryl methyl sites for hydroxylation is 1. The number of nitrogens with zero attached hydrogens (tertiary/aromatic N) is 4. The Bertz CT molecular complexity index is 986. The maximum Gasteiger partial charge on any atom is 0.213 e. The summed E-state index contributed by atoms with van der Waals surface area (Å²) >= 11 is 6.35. The number of nitriles is 1. The third-order valence-electron chi connectivity index (χ3n) is 5.91. The van der Waals surface area contributed by atoms with E-state index < -0.39 is 6.17 Å². The largest absolute Gasteiger partial charge is 0.474 e. The zero-order valence-corrected chi connectivity index (χ0v) is 18.0. The number of hydrogen-bond acceptors (Lipinski definition) is 6. The lowest BCUT2D eigenvalue weighted by Crippen LogP contribution is -2.35. The molecule has 0 radical (unpaired) electrons. The molecule has 6 nitrogen and oxygen atoms in total. The maximum atomic E-state index is 13.0. The Morgan fingerprint density at radius 1 is 1.30 bits per heavy atom. The van der Waals surface area contributed by atoms with Gasteiger partial charge in [0.25, 0.3) is 0 Å². The zero-order chi connectivity index (χ0) is 21.3. The topological polar surface area (TPSA) is 74.1 Å². The highest BCUT2D eigenvalue weighted by Gasteiger charge is 2.31. The van der Waals surface area contributed by atoms with E-state index in [4.69, 9.17) is 21.6 Å². The van der Waals surface area contributed by atoms with Gasteiger partial charge in [0.1, 0.15) is 29.8 Å². The second-order valence-electron chi connectivity index (χ2n) is 8.01. The molecule has 2 aliphatic rings. The summed E-state index contributed by atoms with van der Waals surface area (Å²) in [5.74, 6) is 1.28. The van der Waals surface area contributed by atoms with Crippen LogP contribution in [0.15, 0.2) is 12.1 Å². The van der Waals surface area contributed by atoms with Crippen molar-refractivity contribution in [2.45, 2.75) is 58.5 Å². The molecule has 1 saturated carbocycles. The Labute approximate surface area is 181 Å². The Morgan fingerprint density at radius 3 is 2.80 bits per heavy atom. The van der Waals surface area contributed by atoms with Crippen molar-refractivity contribution in [3.63, 3.8) is 0 Å². The Morgan fingerprint density at radius 2 is 2.10 bits per heavy atom. The van der Waals surface area contributed by atoms with Crippen LogP contribution in [0.25, 0.3) is 0 Å². The molecule has 0 atom stereocenters. The van der Waals surface area contributed by atoms with E-state index in [1.807, 2.05) is 26.0 Å². The number of halogens is 2. The Kier molecular flexibility index (Phi) is 6.07. The minimum absolute atomic E-state index is 0.0542. The Hall–Kier alpha value is -2.43. The van der Waals surface area contributed by atoms with Crippen molar-refractivity contribution < 1.29 is 9.13 Å². The molecule has 1 N–H and O–H groups in total. The first-order valence-electron chi connectivity index (χ1n) is 10.2. The molecule has 30 heavy (non-hydrogen) atoms. The fourth-order valence-electron chi connectivity index (χ4n) is 4.01. The molecule has 3 heterocycles. The van der Waals surface area contributed by atoms with Crippen molar-refractivity contribution >= 4 is 17.4 Å². The molecule has 0 bridgehead atoms. The Balaban J connectivity index is 1.46. The molecule has 0 saturated heterocycles. The first-order valence-corrected chi connectivity index (χ1v) is 10.6. The third kappa shape index (κ3) is 4.35. The second kappa shape index (κ2) is 8.75. The van der Waals surface area contributed by atoms with Crippen molar-refractivity contribution in [3.05, 3.63) is 45.2 Å². The number of ether oxygens (including phenoxy) is 1. The minimum Gasteiger partial charge on any atom is -0.474 e. The van der Waals surface area contributed by atoms with E-state index >= 15 is 0 Å². The van der Waals surface area contributed by atoms with E-state index in [0.29, 0.717) is 29.7 Å². The van der Waals surface area contributed by atoms with Crippen LogP contribution in [0, 0.1) is 25.2 Å². The van der Waals surface area contributed by atoms with Crippen molar-refractivity contribution in [1.82, 2.24) is 14.9 Å². The quantitative estimate of drug-likeness (QED) is 0.550. The second-order valence-corrected chi connectivity index (χ2v) is 8.37. The molecule has 8 heteroatoms. The van der Waals surface area contributed by atoms with Crippen LogP contribution in [0.5, 0.6) is 5.88 Å². The fraction of sp³-hybridized carbons (Fsp3) is 0.500. The number of aromatic nitrogens is 2. The smallest absolute Gasteiger partial charge is 0.213 e. The van der Waals surface area contributed by atoms with Crippen LogP contribution in [0.1, 0.15) is 40.8 Å². The van der Waals surface area contributed by atoms with Gasteiger partial charge in [-0.15, -0.1) is 0 Å². The summed E-state index contributed by atoms with van der Waals surface area (Å²) in [7, 11) is 0. The molecular weight excluding hydrogens is 405 g/mol. The van der Waals surface area contributed by atoms with E-state index in [1.54, 1.807) is 0 Å². The number of rotatable bonds is 6. The summed E-state index contributed by atoms with van der Waals surface area (Å²) in [6.45, 7) is 6.60. The van der Waals surface area contributed by atoms with Gasteiger partial charge in [-0.3, -0.25) is 4.90 Å². The highest BCUT2D eigenvalue weighted by molar-refractivity contribution is 6.30. The van der Waals surface area contributed by atoms with Gasteiger partial charge in [-0.2, -0.15) is 5.26 Å². The molecule has 158 valence electrons. The lowest BCUT2D eigenvalue weighted by molar-refractivity contribution is 0.0376. The summed E-state index contributed by atoms with van der Waals surface area (Å²) < 4.78 is 18.7. The van der Waals surface area contributed by atoms with Gasteiger partial charge in [0.15, 0.2) is 0 Å². The van der Waals surface area contributed by atoms with Gasteiger partial charge in [-0.05, 0) is 37.0 Å². The van der Waals surface area contributed by atoms with Gasteiger partial charge >= 0.3 is 0 Å². The molecule has 1 aliphatic carbocycles. The van der Waals surface area contributed by atoms with Crippen molar-refractivity contribution in [2.75, 3.05) is 18.4 Å². The highest BCUT2D eigenvalue weighted by Crippen LogP contribution is 2.32. The summed E-state index contributed by atoms with van der Waals surface area (Å²) in [6.07, 6.45) is 0.963. The van der Waals surface area contributed by atoms with E-state index in [-0.39, 0.29) is 12.6 Å². The monoisotopic (exact) mass is 429 g/mol. The van der Waals surface area contributed by atoms with E-state index in [0.717, 1.165) is 48.4 Å². The zero-order valence-electron chi connectivity index (χ0n) is 17.2. The van der Waals surface area contributed by atoms with Gasteiger partial charge in [0.05, 0.1) is 6.07 Å². The van der Waals surface area contributed by atoms with E-state index in [9.17, 15) is 4.39 Å². The van der Waals surface area contributed by atoms with Crippen LogP contribution in [-0.4, -0.2) is 40.2 Å². The van der Waals surface area contributed by atoms with Crippen molar-refractivity contribution in [1.29, 1.82) is 5.26 Å². The molecule has 2 aromatic heterocycles. The SMILES string of the molecule is Cc1nc(O[C@H]2C[C@H](F)C2)ccc1CN1CCc2c(NCC#N)nc(Cl)c(C)c2C1. The molecule has 0 aromatic carbocycles. The molecule has 1 fully saturated rings.